The average molecular weight is 618 g/mol. The molecule has 1 amide bonds. The number of carbonyl (C=O) groups excluding carboxylic acids is 1. The van der Waals surface area contributed by atoms with Gasteiger partial charge in [-0.15, -0.1) is 0 Å². The second-order valence-corrected chi connectivity index (χ2v) is 11.8. The summed E-state index contributed by atoms with van der Waals surface area (Å²) in [7, 11) is -4.28. The zero-order valence-corrected chi connectivity index (χ0v) is 21.9. The molecule has 6 nitrogen and oxygen atoms in total. The van der Waals surface area contributed by atoms with Crippen LogP contribution >= 0.6 is 0 Å². The van der Waals surface area contributed by atoms with Crippen molar-refractivity contribution >= 4 is 21.6 Å². The summed E-state index contributed by atoms with van der Waals surface area (Å²) in [6.07, 6.45) is -13.4. The number of nitrogens with zero attached hydrogens (tertiary/aromatic N) is 2. The monoisotopic (exact) mass is 617 g/mol. The molecule has 0 spiro atoms. The van der Waals surface area contributed by atoms with Gasteiger partial charge in [-0.2, -0.15) is 43.8 Å². The van der Waals surface area contributed by atoms with Crippen LogP contribution in [0.4, 0.5) is 45.2 Å². The van der Waals surface area contributed by atoms with Crippen LogP contribution in [0.1, 0.15) is 42.4 Å². The van der Waals surface area contributed by atoms with Gasteiger partial charge >= 0.3 is 18.5 Å². The number of alkyl halides is 9. The van der Waals surface area contributed by atoms with E-state index in [2.05, 4.69) is 5.32 Å². The van der Waals surface area contributed by atoms with Gasteiger partial charge in [0.15, 0.2) is 0 Å². The molecule has 2 fully saturated rings. The van der Waals surface area contributed by atoms with Crippen LogP contribution in [0.2, 0.25) is 0 Å². The Morgan fingerprint density at radius 1 is 0.780 bits per heavy atom. The fourth-order valence-corrected chi connectivity index (χ4v) is 6.71. The summed E-state index contributed by atoms with van der Waals surface area (Å²) in [6, 6.07) is 3.25. The number of nitrogens with one attached hydrogen (secondary N) is 1. The van der Waals surface area contributed by atoms with Crippen molar-refractivity contribution in [2.75, 3.05) is 25.0 Å². The van der Waals surface area contributed by atoms with E-state index in [0.717, 1.165) is 18.2 Å². The lowest BCUT2D eigenvalue weighted by atomic mass is 10.0. The highest BCUT2D eigenvalue weighted by Crippen LogP contribution is 2.39. The maximum absolute atomic E-state index is 13.4. The van der Waals surface area contributed by atoms with Gasteiger partial charge in [0.25, 0.3) is 0 Å². The molecule has 1 saturated carbocycles. The molecule has 16 heteroatoms. The van der Waals surface area contributed by atoms with E-state index >= 15 is 0 Å². The zero-order valence-electron chi connectivity index (χ0n) is 21.1. The third kappa shape index (κ3) is 7.52. The second kappa shape index (κ2) is 11.1. The fraction of sp³-hybridized carbons (Fsp3) is 0.480. The number of sulfonamides is 1. The standard InChI is InChI=1S/C25H24F9N3O3S/c26-23(27,28)15-2-1-3-21(13-15)41(39,40)37(19-4-5-19)20-6-8-36(9-7-20)14-22(38)35-18-11-16(24(29,30)31)10-17(12-18)25(32,33)34/h1-3,10-13,19-20H,4-9,14H2,(H,35,38). The molecule has 2 aliphatic rings. The summed E-state index contributed by atoms with van der Waals surface area (Å²) in [5, 5.41) is 2.06. The Hall–Kier alpha value is -2.85. The normalized spacial score (nSPS) is 18.1. The summed E-state index contributed by atoms with van der Waals surface area (Å²) >= 11 is 0. The van der Waals surface area contributed by atoms with Crippen LogP contribution in [0, 0.1) is 0 Å². The van der Waals surface area contributed by atoms with Crippen LogP contribution in [0.3, 0.4) is 0 Å². The number of rotatable bonds is 7. The fourth-order valence-electron chi connectivity index (χ4n) is 4.74. The minimum atomic E-state index is -5.08. The molecule has 226 valence electrons. The van der Waals surface area contributed by atoms with E-state index in [9.17, 15) is 52.7 Å². The number of anilines is 1. The van der Waals surface area contributed by atoms with E-state index in [-0.39, 0.29) is 44.6 Å². The van der Waals surface area contributed by atoms with Gasteiger partial charge in [-0.1, -0.05) is 6.07 Å². The minimum Gasteiger partial charge on any atom is -0.325 e. The minimum absolute atomic E-state index is 0.0561. The number of likely N-dealkylation sites (tertiary alicyclic amines) is 1. The molecule has 1 heterocycles. The molecule has 2 aromatic rings. The molecular weight excluding hydrogens is 593 g/mol. The molecule has 4 rings (SSSR count). The summed E-state index contributed by atoms with van der Waals surface area (Å²) in [4.78, 5) is 13.6. The Balaban J connectivity index is 1.42. The lowest BCUT2D eigenvalue weighted by molar-refractivity contribution is -0.143. The number of carbonyl (C=O) groups is 1. The summed E-state index contributed by atoms with van der Waals surface area (Å²) in [6.45, 7) is -0.0558. The third-order valence-electron chi connectivity index (χ3n) is 6.80. The first-order valence-corrected chi connectivity index (χ1v) is 13.8. The molecule has 2 aromatic carbocycles. The highest BCUT2D eigenvalue weighted by atomic mass is 32.2. The largest absolute Gasteiger partial charge is 0.416 e. The van der Waals surface area contributed by atoms with Gasteiger partial charge in [0.1, 0.15) is 0 Å². The number of piperidine rings is 1. The van der Waals surface area contributed by atoms with Crippen LogP contribution < -0.4 is 5.32 Å². The number of amides is 1. The average Bonchev–Trinajstić information content (AvgIpc) is 3.68. The second-order valence-electron chi connectivity index (χ2n) is 9.94. The van der Waals surface area contributed by atoms with Gasteiger partial charge in [-0.25, -0.2) is 8.42 Å². The van der Waals surface area contributed by atoms with Gasteiger partial charge in [0.2, 0.25) is 15.9 Å². The predicted octanol–water partition coefficient (Wildman–Crippen LogP) is 6.00. The number of benzene rings is 2. The number of hydrogen-bond donors (Lipinski definition) is 1. The van der Waals surface area contributed by atoms with Crippen molar-refractivity contribution in [3.8, 4) is 0 Å². The topological polar surface area (TPSA) is 69.7 Å². The first kappa shape index (κ1) is 31.1. The van der Waals surface area contributed by atoms with E-state index in [0.29, 0.717) is 31.0 Å². The molecule has 0 radical (unpaired) electrons. The quantitative estimate of drug-likeness (QED) is 0.387. The number of hydrogen-bond acceptors (Lipinski definition) is 4. The zero-order chi connectivity index (χ0) is 30.4. The molecule has 1 N–H and O–H groups in total. The molecular formula is C25H24F9N3O3S. The lowest BCUT2D eigenvalue weighted by Crippen LogP contribution is -2.49. The molecule has 0 aromatic heterocycles. The first-order valence-electron chi connectivity index (χ1n) is 12.4. The Bertz CT molecular complexity index is 1350. The third-order valence-corrected chi connectivity index (χ3v) is 8.80. The first-order chi connectivity index (χ1) is 18.9. The van der Waals surface area contributed by atoms with Gasteiger partial charge in [-0.3, -0.25) is 9.69 Å². The SMILES string of the molecule is O=C(CN1CCC(N(C2CC2)S(=O)(=O)c2cccc(C(F)(F)F)c2)CC1)Nc1cc(C(F)(F)F)cc(C(F)(F)F)c1. The van der Waals surface area contributed by atoms with Crippen molar-refractivity contribution in [2.45, 2.75) is 61.2 Å². The van der Waals surface area contributed by atoms with Crippen LogP contribution in [0.15, 0.2) is 47.4 Å². The molecule has 0 atom stereocenters. The van der Waals surface area contributed by atoms with Crippen molar-refractivity contribution in [3.05, 3.63) is 59.2 Å². The van der Waals surface area contributed by atoms with Gasteiger partial charge in [0, 0.05) is 30.9 Å². The van der Waals surface area contributed by atoms with E-state index in [1.165, 1.54) is 4.31 Å². The van der Waals surface area contributed by atoms with E-state index in [4.69, 9.17) is 0 Å². The molecule has 0 unspecified atom stereocenters. The van der Waals surface area contributed by atoms with Gasteiger partial charge in [-0.05, 0) is 62.1 Å². The maximum atomic E-state index is 13.4. The molecule has 0 bridgehead atoms. The van der Waals surface area contributed by atoms with Crippen molar-refractivity contribution < 1.29 is 52.7 Å². The van der Waals surface area contributed by atoms with Crippen LogP contribution in [-0.2, 0) is 33.3 Å². The maximum Gasteiger partial charge on any atom is 0.416 e. The van der Waals surface area contributed by atoms with Crippen molar-refractivity contribution in [1.82, 2.24) is 9.21 Å². The van der Waals surface area contributed by atoms with Crippen molar-refractivity contribution in [1.29, 1.82) is 0 Å². The lowest BCUT2D eigenvalue weighted by Gasteiger charge is -2.37. The summed E-state index contributed by atoms with van der Waals surface area (Å²) in [5.74, 6) is -0.869. The Morgan fingerprint density at radius 3 is 1.78 bits per heavy atom. The summed E-state index contributed by atoms with van der Waals surface area (Å²) in [5.41, 5.74) is -4.94. The molecule has 1 saturated heterocycles. The Morgan fingerprint density at radius 2 is 1.29 bits per heavy atom. The number of halogens is 9. The predicted molar refractivity (Wildman–Crippen MR) is 128 cm³/mol. The van der Waals surface area contributed by atoms with Crippen molar-refractivity contribution in [3.63, 3.8) is 0 Å². The smallest absolute Gasteiger partial charge is 0.325 e. The van der Waals surface area contributed by atoms with Gasteiger partial charge < -0.3 is 5.32 Å². The molecule has 41 heavy (non-hydrogen) atoms. The highest BCUT2D eigenvalue weighted by molar-refractivity contribution is 7.89. The Labute approximate surface area is 229 Å². The van der Waals surface area contributed by atoms with Crippen LogP contribution in [0.5, 0.6) is 0 Å². The molecule has 1 aliphatic heterocycles. The highest BCUT2D eigenvalue weighted by Gasteiger charge is 2.44. The van der Waals surface area contributed by atoms with Gasteiger partial charge in [0.05, 0.1) is 28.1 Å². The van der Waals surface area contributed by atoms with Crippen molar-refractivity contribution in [2.24, 2.45) is 0 Å². The van der Waals surface area contributed by atoms with Crippen LogP contribution in [-0.4, -0.2) is 55.2 Å². The summed E-state index contributed by atoms with van der Waals surface area (Å²) < 4.78 is 146. The van der Waals surface area contributed by atoms with E-state index < -0.39 is 67.8 Å². The van der Waals surface area contributed by atoms with E-state index in [1.807, 2.05) is 0 Å². The molecule has 1 aliphatic carbocycles. The Kier molecular flexibility index (Phi) is 8.41. The van der Waals surface area contributed by atoms with E-state index in [1.54, 1.807) is 4.90 Å². The van der Waals surface area contributed by atoms with Crippen LogP contribution in [0.25, 0.3) is 0 Å².